The maximum Gasteiger partial charge on any atom is 0.338 e. The third-order valence-electron chi connectivity index (χ3n) is 11.6. The molecule has 1 saturated heterocycles. The summed E-state index contributed by atoms with van der Waals surface area (Å²) in [7, 11) is 1.31. The van der Waals surface area contributed by atoms with Crippen LogP contribution in [0.3, 0.4) is 0 Å². The Kier molecular flexibility index (Phi) is 10.7. The van der Waals surface area contributed by atoms with Gasteiger partial charge in [0.2, 0.25) is 0 Å². The number of fused-ring (bicyclic) bond motifs is 8. The summed E-state index contributed by atoms with van der Waals surface area (Å²) >= 11 is 0. The molecule has 3 aliphatic heterocycles. The average Bonchev–Trinajstić information content (AvgIpc) is 4.18. The second-order valence-electron chi connectivity index (χ2n) is 15.5. The number of aromatic amines is 2. The van der Waals surface area contributed by atoms with E-state index in [1.807, 2.05) is 91.0 Å². The number of esters is 1. The number of carbonyl (C=O) groups excluding carboxylic acids is 1. The molecule has 0 radical (unpaired) electrons. The van der Waals surface area contributed by atoms with Crippen LogP contribution in [0.2, 0.25) is 0 Å². The first-order chi connectivity index (χ1) is 30.8. The third kappa shape index (κ3) is 7.58. The summed E-state index contributed by atoms with van der Waals surface area (Å²) in [6, 6.07) is 46.2. The van der Waals surface area contributed by atoms with Gasteiger partial charge >= 0.3 is 5.97 Å². The van der Waals surface area contributed by atoms with Gasteiger partial charge in [-0.3, -0.25) is 0 Å². The minimum absolute atomic E-state index is 0.255. The van der Waals surface area contributed by atoms with E-state index in [1.54, 1.807) is 12.1 Å². The van der Waals surface area contributed by atoms with Crippen LogP contribution in [0.5, 0.6) is 0 Å². The van der Waals surface area contributed by atoms with Crippen LogP contribution in [-0.4, -0.2) is 85.6 Å². The standard InChI is InChI=1S/C52H42N4O7/c1-61-52-50(59)49(58)48(57)43(63-52)29-62-51(60)34-19-17-33(18-20-34)47-41-27-25-39(55-41)45(31-13-7-3-8-14-31)37-23-21-35(53-37)44(30-11-5-2-6-12-30)36-22-24-38(54-36)46(32-15-9-4-10-16-32)40-26-28-42(47)56-40/h2-28,43,48-50,52-54,57-59H,29H2,1H3/t43-,48+,49+,50-,52+/m1/s1. The van der Waals surface area contributed by atoms with Gasteiger partial charge < -0.3 is 39.5 Å². The molecule has 0 aliphatic carbocycles. The highest BCUT2D eigenvalue weighted by molar-refractivity contribution is 6.00. The van der Waals surface area contributed by atoms with Crippen molar-refractivity contribution < 1.29 is 34.3 Å². The van der Waals surface area contributed by atoms with Crippen molar-refractivity contribution in [1.82, 2.24) is 19.9 Å². The Balaban J connectivity index is 1.16. The van der Waals surface area contributed by atoms with E-state index in [-0.39, 0.29) is 12.2 Å². The molecule has 8 bridgehead atoms. The molecule has 3 aromatic heterocycles. The van der Waals surface area contributed by atoms with Crippen LogP contribution in [0, 0.1) is 0 Å². The molecule has 0 saturated carbocycles. The molecule has 7 aromatic rings. The molecule has 1 fully saturated rings. The summed E-state index contributed by atoms with van der Waals surface area (Å²) in [6.07, 6.45) is 1.26. The molecule has 4 aromatic carbocycles. The molecular formula is C52H42N4O7. The highest BCUT2D eigenvalue weighted by atomic mass is 16.7. The lowest BCUT2D eigenvalue weighted by Crippen LogP contribution is -2.59. The lowest BCUT2D eigenvalue weighted by molar-refractivity contribution is -0.294. The summed E-state index contributed by atoms with van der Waals surface area (Å²) in [5.41, 5.74) is 14.3. The zero-order valence-electron chi connectivity index (χ0n) is 34.1. The molecule has 63 heavy (non-hydrogen) atoms. The highest BCUT2D eigenvalue weighted by Gasteiger charge is 2.44. The van der Waals surface area contributed by atoms with Crippen molar-refractivity contribution in [2.45, 2.75) is 30.7 Å². The monoisotopic (exact) mass is 834 g/mol. The maximum absolute atomic E-state index is 13.3. The Hall–Kier alpha value is -7.25. The number of H-pyrrole nitrogens is 2. The Morgan fingerprint density at radius 2 is 0.937 bits per heavy atom. The topological polar surface area (TPSA) is 163 Å². The van der Waals surface area contributed by atoms with E-state index in [9.17, 15) is 20.1 Å². The van der Waals surface area contributed by atoms with Crippen molar-refractivity contribution >= 4 is 52.3 Å². The van der Waals surface area contributed by atoms with Gasteiger partial charge in [0.15, 0.2) is 6.29 Å². The molecule has 0 spiro atoms. The number of hydrogen-bond donors (Lipinski definition) is 5. The van der Waals surface area contributed by atoms with Crippen molar-refractivity contribution in [2.75, 3.05) is 13.7 Å². The number of aromatic nitrogens is 4. The Morgan fingerprint density at radius 3 is 1.40 bits per heavy atom. The number of aliphatic hydroxyl groups excluding tert-OH is 3. The summed E-state index contributed by atoms with van der Waals surface area (Å²) in [5, 5.41) is 30.9. The van der Waals surface area contributed by atoms with E-state index in [2.05, 4.69) is 70.6 Å². The lowest BCUT2D eigenvalue weighted by atomic mass is 9.99. The Bertz CT molecular complexity index is 2910. The number of aliphatic hydroxyl groups is 3. The van der Waals surface area contributed by atoms with Gasteiger partial charge in [0.05, 0.1) is 28.3 Å². The fraction of sp³-hybridized carbons (Fsp3) is 0.135. The Labute approximate surface area is 362 Å². The second-order valence-corrected chi connectivity index (χ2v) is 15.5. The first-order valence-electron chi connectivity index (χ1n) is 20.7. The minimum Gasteiger partial charge on any atom is -0.459 e. The number of benzene rings is 4. The van der Waals surface area contributed by atoms with Gasteiger partial charge in [0.1, 0.15) is 31.0 Å². The molecular weight excluding hydrogens is 793 g/mol. The van der Waals surface area contributed by atoms with E-state index in [1.165, 1.54) is 7.11 Å². The largest absolute Gasteiger partial charge is 0.459 e. The summed E-state index contributed by atoms with van der Waals surface area (Å²) in [6.45, 7) is -0.375. The normalized spacial score (nSPS) is 19.3. The number of methoxy groups -OCH3 is 1. The molecule has 5 N–H and O–H groups in total. The third-order valence-corrected chi connectivity index (χ3v) is 11.6. The lowest BCUT2D eigenvalue weighted by Gasteiger charge is -2.39. The van der Waals surface area contributed by atoms with Crippen LogP contribution in [0.4, 0.5) is 0 Å². The van der Waals surface area contributed by atoms with Crippen LogP contribution >= 0.6 is 0 Å². The van der Waals surface area contributed by atoms with Crippen LogP contribution in [0.15, 0.2) is 140 Å². The van der Waals surface area contributed by atoms with Crippen LogP contribution in [-0.2, 0) is 14.2 Å². The van der Waals surface area contributed by atoms with Crippen molar-refractivity contribution in [1.29, 1.82) is 0 Å². The predicted octanol–water partition coefficient (Wildman–Crippen LogP) is 8.93. The molecule has 10 rings (SSSR count). The van der Waals surface area contributed by atoms with Crippen LogP contribution in [0.25, 0.3) is 90.9 Å². The molecule has 5 atom stereocenters. The smallest absolute Gasteiger partial charge is 0.338 e. The van der Waals surface area contributed by atoms with Crippen molar-refractivity contribution in [3.8, 4) is 44.5 Å². The van der Waals surface area contributed by atoms with E-state index >= 15 is 0 Å². The Morgan fingerprint density at radius 1 is 0.524 bits per heavy atom. The zero-order valence-corrected chi connectivity index (χ0v) is 34.1. The highest BCUT2D eigenvalue weighted by Crippen LogP contribution is 2.38. The quantitative estimate of drug-likeness (QED) is 0.0941. The van der Waals surface area contributed by atoms with Crippen LogP contribution in [0.1, 0.15) is 33.1 Å². The van der Waals surface area contributed by atoms with Gasteiger partial charge in [0.25, 0.3) is 0 Å². The molecule has 6 heterocycles. The summed E-state index contributed by atoms with van der Waals surface area (Å²) < 4.78 is 16.2. The first kappa shape index (κ1) is 39.9. The fourth-order valence-electron chi connectivity index (χ4n) is 8.50. The summed E-state index contributed by atoms with van der Waals surface area (Å²) in [4.78, 5) is 31.6. The van der Waals surface area contributed by atoms with Crippen molar-refractivity contribution in [2.24, 2.45) is 0 Å². The fourth-order valence-corrected chi connectivity index (χ4v) is 8.50. The molecule has 0 amide bonds. The van der Waals surface area contributed by atoms with Crippen molar-refractivity contribution in [3.05, 3.63) is 168 Å². The maximum atomic E-state index is 13.3. The molecule has 312 valence electrons. The van der Waals surface area contributed by atoms with E-state index in [0.29, 0.717) is 11.4 Å². The number of ether oxygens (including phenoxy) is 3. The molecule has 0 unspecified atom stereocenters. The average molecular weight is 835 g/mol. The zero-order chi connectivity index (χ0) is 43.0. The van der Waals surface area contributed by atoms with E-state index in [4.69, 9.17) is 24.2 Å². The van der Waals surface area contributed by atoms with Gasteiger partial charge in [-0.1, -0.05) is 103 Å². The predicted molar refractivity (Wildman–Crippen MR) is 245 cm³/mol. The molecule has 3 aliphatic rings. The van der Waals surface area contributed by atoms with Crippen molar-refractivity contribution in [3.63, 3.8) is 0 Å². The van der Waals surface area contributed by atoms with Gasteiger partial charge in [-0.25, -0.2) is 14.8 Å². The van der Waals surface area contributed by atoms with Gasteiger partial charge in [0, 0.05) is 51.4 Å². The van der Waals surface area contributed by atoms with E-state index < -0.39 is 36.7 Å². The second kappa shape index (κ2) is 16.9. The molecule has 11 heteroatoms. The number of nitrogens with one attached hydrogen (secondary N) is 2. The summed E-state index contributed by atoms with van der Waals surface area (Å²) in [5.74, 6) is -0.662. The van der Waals surface area contributed by atoms with Gasteiger partial charge in [-0.15, -0.1) is 0 Å². The number of hydrogen-bond acceptors (Lipinski definition) is 9. The number of nitrogens with zero attached hydrogens (tertiary/aromatic N) is 2. The number of carbonyl (C=O) groups is 1. The molecule has 11 nitrogen and oxygen atoms in total. The SMILES string of the molecule is CO[C@H]1O[C@H](COC(=O)c2ccc(-c3c4nc(c(-c5ccccc5)c5ccc([nH]5)c(-c5ccccc5)c5ccc([nH]5)c(-c5ccccc5)c5nc3C=C5)C=C4)cc2)[C@H](O)[C@H](O)[C@H]1O. The van der Waals surface area contributed by atoms with Gasteiger partial charge in [-0.05, 0) is 83.0 Å². The van der Waals surface area contributed by atoms with Gasteiger partial charge in [-0.2, -0.15) is 0 Å². The van der Waals surface area contributed by atoms with E-state index in [0.717, 1.165) is 78.0 Å². The van der Waals surface area contributed by atoms with Crippen LogP contribution < -0.4 is 0 Å². The number of rotatable bonds is 8. The minimum atomic E-state index is -1.54. The first-order valence-corrected chi connectivity index (χ1v) is 20.7.